The number of carbonyl (C=O) groups excluding carboxylic acids is 3. The molecule has 0 heterocycles. The number of rotatable bonds is 6. The standard InChI is InChI=1S/C10H17NO3/c1-7(2)10(14)5-4-9(13)6-11-8(3)12/h7H,4-6H2,1-3H3,(H,11,12). The summed E-state index contributed by atoms with van der Waals surface area (Å²) >= 11 is 0. The van der Waals surface area contributed by atoms with Gasteiger partial charge in [0.1, 0.15) is 5.78 Å². The third kappa shape index (κ3) is 6.34. The van der Waals surface area contributed by atoms with Gasteiger partial charge < -0.3 is 5.32 Å². The Kier molecular flexibility index (Phi) is 5.76. The molecule has 0 atom stereocenters. The van der Waals surface area contributed by atoms with Crippen molar-refractivity contribution in [3.05, 3.63) is 0 Å². The van der Waals surface area contributed by atoms with Gasteiger partial charge in [-0.1, -0.05) is 13.8 Å². The van der Waals surface area contributed by atoms with Gasteiger partial charge in [0.05, 0.1) is 6.54 Å². The maximum absolute atomic E-state index is 11.1. The molecule has 0 rings (SSSR count). The van der Waals surface area contributed by atoms with Crippen molar-refractivity contribution in [1.82, 2.24) is 5.32 Å². The van der Waals surface area contributed by atoms with Crippen LogP contribution in [-0.4, -0.2) is 24.0 Å². The molecule has 0 aromatic carbocycles. The Bertz CT molecular complexity index is 234. The fourth-order valence-electron chi connectivity index (χ4n) is 0.863. The fraction of sp³-hybridized carbons (Fsp3) is 0.700. The molecule has 0 aliphatic heterocycles. The van der Waals surface area contributed by atoms with E-state index in [1.54, 1.807) is 13.8 Å². The summed E-state index contributed by atoms with van der Waals surface area (Å²) in [5.74, 6) is -0.271. The van der Waals surface area contributed by atoms with Crippen LogP contribution in [0.4, 0.5) is 0 Å². The van der Waals surface area contributed by atoms with Crippen molar-refractivity contribution in [1.29, 1.82) is 0 Å². The Hall–Kier alpha value is -1.19. The molecule has 0 saturated heterocycles. The van der Waals surface area contributed by atoms with Crippen molar-refractivity contribution in [2.45, 2.75) is 33.6 Å². The second-order valence-electron chi connectivity index (χ2n) is 3.57. The average molecular weight is 199 g/mol. The van der Waals surface area contributed by atoms with Gasteiger partial charge in [-0.25, -0.2) is 0 Å². The van der Waals surface area contributed by atoms with Crippen LogP contribution in [0, 0.1) is 5.92 Å². The van der Waals surface area contributed by atoms with E-state index >= 15 is 0 Å². The first-order valence-electron chi connectivity index (χ1n) is 4.72. The van der Waals surface area contributed by atoms with Crippen LogP contribution in [0.15, 0.2) is 0 Å². The maximum Gasteiger partial charge on any atom is 0.217 e. The maximum atomic E-state index is 11.1. The Morgan fingerprint density at radius 1 is 1.14 bits per heavy atom. The molecule has 0 spiro atoms. The molecular weight excluding hydrogens is 182 g/mol. The van der Waals surface area contributed by atoms with E-state index in [0.29, 0.717) is 0 Å². The molecule has 0 aliphatic carbocycles. The topological polar surface area (TPSA) is 63.2 Å². The number of ketones is 2. The van der Waals surface area contributed by atoms with E-state index in [4.69, 9.17) is 0 Å². The predicted octanol–water partition coefficient (Wildman–Crippen LogP) is 0.697. The molecule has 80 valence electrons. The summed E-state index contributed by atoms with van der Waals surface area (Å²) in [4.78, 5) is 32.7. The van der Waals surface area contributed by atoms with E-state index in [1.807, 2.05) is 0 Å². The predicted molar refractivity (Wildman–Crippen MR) is 52.8 cm³/mol. The van der Waals surface area contributed by atoms with Gasteiger partial charge in [0.15, 0.2) is 5.78 Å². The normalized spacial score (nSPS) is 10.0. The lowest BCUT2D eigenvalue weighted by Crippen LogP contribution is -2.27. The first-order chi connectivity index (χ1) is 6.43. The van der Waals surface area contributed by atoms with E-state index in [2.05, 4.69) is 5.32 Å². The highest BCUT2D eigenvalue weighted by Gasteiger charge is 2.10. The third-order valence-electron chi connectivity index (χ3n) is 1.83. The summed E-state index contributed by atoms with van der Waals surface area (Å²) < 4.78 is 0. The largest absolute Gasteiger partial charge is 0.349 e. The molecule has 1 amide bonds. The number of hydrogen-bond donors (Lipinski definition) is 1. The summed E-state index contributed by atoms with van der Waals surface area (Å²) in [5.41, 5.74) is 0. The van der Waals surface area contributed by atoms with E-state index in [0.717, 1.165) is 0 Å². The van der Waals surface area contributed by atoms with Gasteiger partial charge in [-0.15, -0.1) is 0 Å². The molecule has 1 N–H and O–H groups in total. The van der Waals surface area contributed by atoms with Crippen LogP contribution < -0.4 is 5.32 Å². The Morgan fingerprint density at radius 2 is 1.71 bits per heavy atom. The van der Waals surface area contributed by atoms with Gasteiger partial charge in [0, 0.05) is 25.7 Å². The van der Waals surface area contributed by atoms with Crippen LogP contribution in [0.1, 0.15) is 33.6 Å². The van der Waals surface area contributed by atoms with Crippen LogP contribution in [-0.2, 0) is 14.4 Å². The molecule has 4 nitrogen and oxygen atoms in total. The van der Waals surface area contributed by atoms with E-state index < -0.39 is 0 Å². The van der Waals surface area contributed by atoms with Crippen molar-refractivity contribution >= 4 is 17.5 Å². The van der Waals surface area contributed by atoms with Gasteiger partial charge in [0.25, 0.3) is 0 Å². The SMILES string of the molecule is CC(=O)NCC(=O)CCC(=O)C(C)C. The summed E-state index contributed by atoms with van der Waals surface area (Å²) in [6.45, 7) is 4.99. The van der Waals surface area contributed by atoms with E-state index in [1.165, 1.54) is 6.92 Å². The van der Waals surface area contributed by atoms with Crippen LogP contribution in [0.5, 0.6) is 0 Å². The molecule has 0 aromatic heterocycles. The minimum Gasteiger partial charge on any atom is -0.349 e. The lowest BCUT2D eigenvalue weighted by atomic mass is 10.0. The fourth-order valence-corrected chi connectivity index (χ4v) is 0.863. The van der Waals surface area contributed by atoms with E-state index in [-0.39, 0.29) is 42.8 Å². The van der Waals surface area contributed by atoms with Gasteiger partial charge in [-0.2, -0.15) is 0 Å². The summed E-state index contributed by atoms with van der Waals surface area (Å²) in [5, 5.41) is 2.40. The summed E-state index contributed by atoms with van der Waals surface area (Å²) in [6.07, 6.45) is 0.493. The lowest BCUT2D eigenvalue weighted by molar-refractivity contribution is -0.126. The Labute approximate surface area is 84.1 Å². The van der Waals surface area contributed by atoms with Crippen LogP contribution in [0.2, 0.25) is 0 Å². The first-order valence-corrected chi connectivity index (χ1v) is 4.72. The molecule has 0 radical (unpaired) electrons. The van der Waals surface area contributed by atoms with Crippen molar-refractivity contribution < 1.29 is 14.4 Å². The van der Waals surface area contributed by atoms with Crippen molar-refractivity contribution in [2.24, 2.45) is 5.92 Å². The molecule has 0 fully saturated rings. The lowest BCUT2D eigenvalue weighted by Gasteiger charge is -2.03. The summed E-state index contributed by atoms with van der Waals surface area (Å²) in [7, 11) is 0. The number of nitrogens with one attached hydrogen (secondary N) is 1. The molecule has 0 aliphatic rings. The molecule has 4 heteroatoms. The number of hydrogen-bond acceptors (Lipinski definition) is 3. The minimum absolute atomic E-state index is 0.0245. The quantitative estimate of drug-likeness (QED) is 0.684. The molecule has 0 unspecified atom stereocenters. The van der Waals surface area contributed by atoms with Gasteiger partial charge in [0.2, 0.25) is 5.91 Å². The number of amides is 1. The molecule has 0 bridgehead atoms. The molecular formula is C10H17NO3. The zero-order valence-corrected chi connectivity index (χ0v) is 8.92. The minimum atomic E-state index is -0.228. The number of carbonyl (C=O) groups is 3. The smallest absolute Gasteiger partial charge is 0.217 e. The highest BCUT2D eigenvalue weighted by Crippen LogP contribution is 2.01. The second kappa shape index (κ2) is 6.29. The Morgan fingerprint density at radius 3 is 2.14 bits per heavy atom. The zero-order valence-electron chi connectivity index (χ0n) is 8.92. The van der Waals surface area contributed by atoms with Gasteiger partial charge in [-0.05, 0) is 0 Å². The highest BCUT2D eigenvalue weighted by molar-refractivity contribution is 5.89. The molecule has 0 aromatic rings. The summed E-state index contributed by atoms with van der Waals surface area (Å²) in [6, 6.07) is 0. The van der Waals surface area contributed by atoms with Crippen LogP contribution in [0.3, 0.4) is 0 Å². The molecule has 14 heavy (non-hydrogen) atoms. The zero-order chi connectivity index (χ0) is 11.1. The Balaban J connectivity index is 3.64. The monoisotopic (exact) mass is 199 g/mol. The van der Waals surface area contributed by atoms with E-state index in [9.17, 15) is 14.4 Å². The average Bonchev–Trinajstić information content (AvgIpc) is 2.10. The third-order valence-corrected chi connectivity index (χ3v) is 1.83. The van der Waals surface area contributed by atoms with Crippen LogP contribution in [0.25, 0.3) is 0 Å². The van der Waals surface area contributed by atoms with Gasteiger partial charge in [-0.3, -0.25) is 14.4 Å². The van der Waals surface area contributed by atoms with Crippen molar-refractivity contribution in [2.75, 3.05) is 6.54 Å². The van der Waals surface area contributed by atoms with Gasteiger partial charge >= 0.3 is 0 Å². The second-order valence-corrected chi connectivity index (χ2v) is 3.57. The first kappa shape index (κ1) is 12.8. The number of Topliss-reactive ketones (excluding diaryl/α,β-unsaturated/α-hetero) is 2. The highest BCUT2D eigenvalue weighted by atomic mass is 16.2. The van der Waals surface area contributed by atoms with Crippen LogP contribution >= 0.6 is 0 Å². The molecule has 0 saturated carbocycles. The van der Waals surface area contributed by atoms with Crippen molar-refractivity contribution in [3.63, 3.8) is 0 Å². The van der Waals surface area contributed by atoms with Crippen molar-refractivity contribution in [3.8, 4) is 0 Å².